The fraction of sp³-hybridized carbons (Fsp3) is 0.143. The van der Waals surface area contributed by atoms with Crippen molar-refractivity contribution < 1.29 is 44.6 Å². The molecule has 0 saturated heterocycles. The maximum Gasteiger partial charge on any atom is 0.211 e. The highest BCUT2D eigenvalue weighted by Crippen LogP contribution is 2.28. The van der Waals surface area contributed by atoms with Crippen LogP contribution in [0, 0.1) is 0 Å². The molecule has 2 aromatic carbocycles. The van der Waals surface area contributed by atoms with Crippen molar-refractivity contribution in [3.05, 3.63) is 78.2 Å². The van der Waals surface area contributed by atoms with Gasteiger partial charge in [0.25, 0.3) is 0 Å². The molecule has 0 aliphatic rings. The molecule has 0 radical (unpaired) electrons. The topological polar surface area (TPSA) is 57.7 Å². The summed E-state index contributed by atoms with van der Waals surface area (Å²) >= 11 is 0. The number of aromatic nitrogens is 2. The van der Waals surface area contributed by atoms with Crippen LogP contribution in [0.15, 0.2) is 67.0 Å². The number of rotatable bonds is 4. The minimum atomic E-state index is -0.619. The van der Waals surface area contributed by atoms with Gasteiger partial charge in [-0.25, -0.2) is 9.97 Å². The number of H-pyrrole nitrogens is 2. The van der Waals surface area contributed by atoms with E-state index in [0.29, 0.717) is 6.42 Å². The van der Waals surface area contributed by atoms with Gasteiger partial charge in [-0.2, -0.15) is 0 Å². The maximum atomic E-state index is 10.9. The van der Waals surface area contributed by atoms with Gasteiger partial charge in [0.15, 0.2) is 18.1 Å². The van der Waals surface area contributed by atoms with Gasteiger partial charge in [0.05, 0.1) is 25.0 Å². The second kappa shape index (κ2) is 9.00. The first kappa shape index (κ1) is 20.9. The Morgan fingerprint density at radius 3 is 2.52 bits per heavy atom. The van der Waals surface area contributed by atoms with E-state index in [-0.39, 0.29) is 24.8 Å². The second-order valence-corrected chi connectivity index (χ2v) is 6.11. The number of aliphatic hydroxyl groups is 1. The first-order chi connectivity index (χ1) is 12.3. The normalized spacial score (nSPS) is 11.5. The summed E-state index contributed by atoms with van der Waals surface area (Å²) in [5, 5.41) is 14.2. The van der Waals surface area contributed by atoms with E-state index in [1.807, 2.05) is 54.9 Å². The molecule has 1 atom stereocenters. The highest BCUT2D eigenvalue weighted by molar-refractivity contribution is 5.84. The quantitative estimate of drug-likeness (QED) is 0.393. The molecular formula is C21H20Cl2N2O2. The predicted molar refractivity (Wildman–Crippen MR) is 96.2 cm³/mol. The smallest absolute Gasteiger partial charge is 0.211 e. The first-order valence-electron chi connectivity index (χ1n) is 8.31. The van der Waals surface area contributed by atoms with Gasteiger partial charge in [0.1, 0.15) is 5.75 Å². The number of nitrogens with one attached hydrogen (secondary N) is 2. The fourth-order valence-electron chi connectivity index (χ4n) is 3.32. The lowest BCUT2D eigenvalue weighted by Gasteiger charge is -2.11. The Labute approximate surface area is 170 Å². The lowest BCUT2D eigenvalue weighted by Crippen LogP contribution is -3.00. The van der Waals surface area contributed by atoms with E-state index in [1.54, 1.807) is 7.11 Å². The minimum absolute atomic E-state index is 0. The van der Waals surface area contributed by atoms with Crippen molar-refractivity contribution in [2.24, 2.45) is 0 Å². The lowest BCUT2D eigenvalue weighted by molar-refractivity contribution is -0.389. The van der Waals surface area contributed by atoms with Gasteiger partial charge in [0, 0.05) is 29.1 Å². The largest absolute Gasteiger partial charge is 1.00 e. The maximum absolute atomic E-state index is 10.9. The van der Waals surface area contributed by atoms with Crippen molar-refractivity contribution in [3.63, 3.8) is 0 Å². The second-order valence-electron chi connectivity index (χ2n) is 6.11. The molecule has 6 heteroatoms. The van der Waals surface area contributed by atoms with Gasteiger partial charge < -0.3 is 34.7 Å². The highest BCUT2D eigenvalue weighted by Gasteiger charge is 2.19. The van der Waals surface area contributed by atoms with Crippen LogP contribution in [-0.4, -0.2) is 12.2 Å². The fourth-order valence-corrected chi connectivity index (χ4v) is 3.32. The molecule has 0 bridgehead atoms. The van der Waals surface area contributed by atoms with E-state index < -0.39 is 6.10 Å². The van der Waals surface area contributed by atoms with Crippen LogP contribution in [0.3, 0.4) is 0 Å². The lowest BCUT2D eigenvalue weighted by atomic mass is 9.98. The number of benzene rings is 2. The van der Waals surface area contributed by atoms with E-state index in [0.717, 1.165) is 38.7 Å². The van der Waals surface area contributed by atoms with Crippen molar-refractivity contribution in [1.29, 1.82) is 0 Å². The summed E-state index contributed by atoms with van der Waals surface area (Å²) in [7, 11) is 1.65. The molecule has 4 nitrogen and oxygen atoms in total. The Morgan fingerprint density at radius 1 is 0.926 bits per heavy atom. The number of ether oxygens (including phenoxy) is 1. The molecule has 1 unspecified atom stereocenters. The van der Waals surface area contributed by atoms with Gasteiger partial charge in [-0.15, -0.1) is 0 Å². The number of hydrogen-bond donors (Lipinski definition) is 1. The molecular weight excluding hydrogens is 383 g/mol. The Morgan fingerprint density at radius 2 is 1.70 bits per heavy atom. The Balaban J connectivity index is 0.00000131. The molecule has 0 spiro atoms. The molecule has 140 valence electrons. The zero-order valence-corrected chi connectivity index (χ0v) is 16.3. The van der Waals surface area contributed by atoms with E-state index in [4.69, 9.17) is 4.74 Å². The molecule has 4 rings (SSSR count). The summed E-state index contributed by atoms with van der Waals surface area (Å²) in [5.74, 6) is 0.775. The summed E-state index contributed by atoms with van der Waals surface area (Å²) < 4.78 is 5.33. The molecule has 3 N–H and O–H groups in total. The zero-order valence-electron chi connectivity index (χ0n) is 14.7. The molecule has 2 aromatic heterocycles. The van der Waals surface area contributed by atoms with Crippen LogP contribution < -0.4 is 39.5 Å². The van der Waals surface area contributed by atoms with Crippen LogP contribution in [0.4, 0.5) is 0 Å². The van der Waals surface area contributed by atoms with Crippen molar-refractivity contribution in [1.82, 2.24) is 0 Å². The van der Waals surface area contributed by atoms with Gasteiger partial charge in [-0.1, -0.05) is 18.2 Å². The standard InChI is InChI=1S/C21H18N2O2.2ClH/c1-25-15-6-7-19-18(12-15)17(9-11-22-19)21(24)13-20-16-5-3-2-4-14(16)8-10-23-20;;/h2-12,21,24H,13H2,1H3;2*1H. The molecule has 27 heavy (non-hydrogen) atoms. The highest BCUT2D eigenvalue weighted by atomic mass is 35.5. The third-order valence-electron chi connectivity index (χ3n) is 4.60. The zero-order chi connectivity index (χ0) is 17.2. The van der Waals surface area contributed by atoms with E-state index in [1.165, 1.54) is 0 Å². The van der Waals surface area contributed by atoms with E-state index in [9.17, 15) is 5.11 Å². The Hall–Kier alpha value is -2.40. The molecule has 0 aliphatic carbocycles. The Kier molecular flexibility index (Phi) is 6.97. The summed E-state index contributed by atoms with van der Waals surface area (Å²) in [5.41, 5.74) is 2.88. The van der Waals surface area contributed by atoms with E-state index >= 15 is 0 Å². The van der Waals surface area contributed by atoms with Crippen LogP contribution in [0.2, 0.25) is 0 Å². The third kappa shape index (κ3) is 4.14. The number of methoxy groups -OCH3 is 1. The van der Waals surface area contributed by atoms with Crippen molar-refractivity contribution in [3.8, 4) is 5.75 Å². The van der Waals surface area contributed by atoms with Crippen LogP contribution in [0.25, 0.3) is 21.7 Å². The number of aliphatic hydroxyl groups excluding tert-OH is 1. The SMILES string of the molecule is COc1ccc2[nH+]ccc(C(O)Cc3[nH+]ccc4ccccc34)c2c1.[Cl-].[Cl-]. The van der Waals surface area contributed by atoms with Crippen LogP contribution in [-0.2, 0) is 6.42 Å². The average molecular weight is 403 g/mol. The average Bonchev–Trinajstić information content (AvgIpc) is 2.67. The van der Waals surface area contributed by atoms with Crippen LogP contribution in [0.1, 0.15) is 17.4 Å². The van der Waals surface area contributed by atoms with Gasteiger partial charge in [-0.3, -0.25) is 0 Å². The predicted octanol–water partition coefficient (Wildman–Crippen LogP) is -3.09. The monoisotopic (exact) mass is 402 g/mol. The van der Waals surface area contributed by atoms with E-state index in [2.05, 4.69) is 22.1 Å². The van der Waals surface area contributed by atoms with Gasteiger partial charge in [0.2, 0.25) is 5.52 Å². The summed E-state index contributed by atoms with van der Waals surface area (Å²) in [6.07, 6.45) is 3.67. The number of hydrogen-bond acceptors (Lipinski definition) is 2. The number of fused-ring (bicyclic) bond motifs is 2. The van der Waals surface area contributed by atoms with Gasteiger partial charge >= 0.3 is 0 Å². The third-order valence-corrected chi connectivity index (χ3v) is 4.60. The minimum Gasteiger partial charge on any atom is -1.00 e. The van der Waals surface area contributed by atoms with Crippen molar-refractivity contribution >= 4 is 21.7 Å². The Bertz CT molecular complexity index is 1050. The summed E-state index contributed by atoms with van der Waals surface area (Å²) in [6.45, 7) is 0. The van der Waals surface area contributed by atoms with Crippen molar-refractivity contribution in [2.45, 2.75) is 12.5 Å². The molecule has 0 fully saturated rings. The summed E-state index contributed by atoms with van der Waals surface area (Å²) in [4.78, 5) is 6.51. The van der Waals surface area contributed by atoms with Crippen LogP contribution >= 0.6 is 0 Å². The van der Waals surface area contributed by atoms with Crippen molar-refractivity contribution in [2.75, 3.05) is 7.11 Å². The molecule has 2 heterocycles. The molecule has 0 amide bonds. The first-order valence-corrected chi connectivity index (χ1v) is 8.31. The molecule has 0 saturated carbocycles. The molecule has 4 aromatic rings. The number of pyridine rings is 2. The number of aromatic amines is 2. The number of halogens is 2. The molecule has 0 aliphatic heterocycles. The summed E-state index contributed by atoms with van der Waals surface area (Å²) in [6, 6.07) is 18.0. The van der Waals surface area contributed by atoms with Gasteiger partial charge in [-0.05, 0) is 23.6 Å². The van der Waals surface area contributed by atoms with Crippen LogP contribution in [0.5, 0.6) is 5.75 Å².